The average molecular weight is 363 g/mol. The SMILES string of the molecule is COc1ccc(/C=N/NC(=O)c2cccc(NC(=O)c3ccco3)c2)cc1. The van der Waals surface area contributed by atoms with Crippen LogP contribution in [0.1, 0.15) is 26.5 Å². The van der Waals surface area contributed by atoms with Crippen LogP contribution in [-0.4, -0.2) is 25.1 Å². The Morgan fingerprint density at radius 1 is 1.04 bits per heavy atom. The summed E-state index contributed by atoms with van der Waals surface area (Å²) in [6.45, 7) is 0. The summed E-state index contributed by atoms with van der Waals surface area (Å²) < 4.78 is 10.1. The standard InChI is InChI=1S/C20H17N3O4/c1-26-17-9-7-14(8-10-17)13-21-23-19(24)15-4-2-5-16(12-15)22-20(25)18-6-3-11-27-18/h2-13H,1H3,(H,22,25)(H,23,24)/b21-13+. The van der Waals surface area contributed by atoms with Crippen molar-refractivity contribution in [1.82, 2.24) is 5.43 Å². The first-order chi connectivity index (χ1) is 13.2. The summed E-state index contributed by atoms with van der Waals surface area (Å²) in [6, 6.07) is 16.9. The van der Waals surface area contributed by atoms with Gasteiger partial charge < -0.3 is 14.5 Å². The van der Waals surface area contributed by atoms with E-state index in [-0.39, 0.29) is 5.76 Å². The number of carbonyl (C=O) groups excluding carboxylic acids is 2. The molecule has 0 unspecified atom stereocenters. The van der Waals surface area contributed by atoms with Gasteiger partial charge in [0.15, 0.2) is 5.76 Å². The van der Waals surface area contributed by atoms with Crippen LogP contribution in [0.2, 0.25) is 0 Å². The molecule has 3 aromatic rings. The predicted molar refractivity (Wildman–Crippen MR) is 101 cm³/mol. The Morgan fingerprint density at radius 3 is 2.56 bits per heavy atom. The van der Waals surface area contributed by atoms with E-state index in [9.17, 15) is 9.59 Å². The molecule has 0 spiro atoms. The number of furan rings is 1. The summed E-state index contributed by atoms with van der Waals surface area (Å²) >= 11 is 0. The lowest BCUT2D eigenvalue weighted by molar-refractivity contribution is 0.0953. The van der Waals surface area contributed by atoms with Crippen LogP contribution in [0.5, 0.6) is 5.75 Å². The largest absolute Gasteiger partial charge is 0.497 e. The van der Waals surface area contributed by atoms with E-state index in [1.54, 1.807) is 55.6 Å². The maximum absolute atomic E-state index is 12.2. The van der Waals surface area contributed by atoms with Gasteiger partial charge in [0.05, 0.1) is 19.6 Å². The summed E-state index contributed by atoms with van der Waals surface area (Å²) in [6.07, 6.45) is 2.94. The fraction of sp³-hybridized carbons (Fsp3) is 0.0500. The van der Waals surface area contributed by atoms with E-state index >= 15 is 0 Å². The van der Waals surface area contributed by atoms with Gasteiger partial charge in [-0.3, -0.25) is 9.59 Å². The topological polar surface area (TPSA) is 92.9 Å². The number of anilines is 1. The van der Waals surface area contributed by atoms with Gasteiger partial charge in [0.2, 0.25) is 0 Å². The van der Waals surface area contributed by atoms with Gasteiger partial charge in [0.1, 0.15) is 5.75 Å². The second-order valence-electron chi connectivity index (χ2n) is 5.48. The Labute approximate surface area is 155 Å². The molecule has 2 N–H and O–H groups in total. The highest BCUT2D eigenvalue weighted by Crippen LogP contribution is 2.13. The summed E-state index contributed by atoms with van der Waals surface area (Å²) in [5, 5.41) is 6.61. The van der Waals surface area contributed by atoms with Gasteiger partial charge in [-0.05, 0) is 60.2 Å². The van der Waals surface area contributed by atoms with E-state index in [2.05, 4.69) is 15.8 Å². The normalized spacial score (nSPS) is 10.6. The van der Waals surface area contributed by atoms with Crippen LogP contribution in [-0.2, 0) is 0 Å². The van der Waals surface area contributed by atoms with Gasteiger partial charge in [-0.1, -0.05) is 6.07 Å². The van der Waals surface area contributed by atoms with Gasteiger partial charge in [0.25, 0.3) is 11.8 Å². The summed E-state index contributed by atoms with van der Waals surface area (Å²) in [4.78, 5) is 24.2. The summed E-state index contributed by atoms with van der Waals surface area (Å²) in [7, 11) is 1.59. The Hall–Kier alpha value is -3.87. The van der Waals surface area contributed by atoms with Crippen LogP contribution >= 0.6 is 0 Å². The molecule has 7 heteroatoms. The number of nitrogens with one attached hydrogen (secondary N) is 2. The fourth-order valence-corrected chi connectivity index (χ4v) is 2.26. The van der Waals surface area contributed by atoms with Crippen LogP contribution in [0.15, 0.2) is 76.4 Å². The van der Waals surface area contributed by atoms with Gasteiger partial charge in [-0.2, -0.15) is 5.10 Å². The van der Waals surface area contributed by atoms with Crippen molar-refractivity contribution in [1.29, 1.82) is 0 Å². The number of rotatable bonds is 6. The molecule has 1 aromatic heterocycles. The highest BCUT2D eigenvalue weighted by molar-refractivity contribution is 6.03. The molecule has 0 saturated heterocycles. The third-order valence-electron chi connectivity index (χ3n) is 3.62. The number of benzene rings is 2. The highest BCUT2D eigenvalue weighted by atomic mass is 16.5. The average Bonchev–Trinajstić information content (AvgIpc) is 3.24. The number of hydrazone groups is 1. The number of ether oxygens (including phenoxy) is 1. The van der Waals surface area contributed by atoms with Gasteiger partial charge >= 0.3 is 0 Å². The van der Waals surface area contributed by atoms with Crippen molar-refractivity contribution in [2.24, 2.45) is 5.10 Å². The number of hydrogen-bond acceptors (Lipinski definition) is 5. The van der Waals surface area contributed by atoms with Gasteiger partial charge in [-0.15, -0.1) is 0 Å². The molecular formula is C20H17N3O4. The lowest BCUT2D eigenvalue weighted by Crippen LogP contribution is -2.18. The molecule has 0 radical (unpaired) electrons. The monoisotopic (exact) mass is 363 g/mol. The highest BCUT2D eigenvalue weighted by Gasteiger charge is 2.10. The molecule has 1 heterocycles. The molecule has 27 heavy (non-hydrogen) atoms. The van der Waals surface area contributed by atoms with Crippen LogP contribution in [0.4, 0.5) is 5.69 Å². The third kappa shape index (κ3) is 4.82. The third-order valence-corrected chi connectivity index (χ3v) is 3.62. The fourth-order valence-electron chi connectivity index (χ4n) is 2.26. The van der Waals surface area contributed by atoms with Crippen molar-refractivity contribution in [2.75, 3.05) is 12.4 Å². The zero-order chi connectivity index (χ0) is 19.1. The Kier molecular flexibility index (Phi) is 5.64. The van der Waals surface area contributed by atoms with Crippen LogP contribution in [0.3, 0.4) is 0 Å². The predicted octanol–water partition coefficient (Wildman–Crippen LogP) is 3.30. The zero-order valence-electron chi connectivity index (χ0n) is 14.5. The molecule has 0 atom stereocenters. The quantitative estimate of drug-likeness (QED) is 0.519. The molecule has 0 aliphatic heterocycles. The number of methoxy groups -OCH3 is 1. The second kappa shape index (κ2) is 8.48. The van der Waals surface area contributed by atoms with Gasteiger partial charge in [0, 0.05) is 11.3 Å². The van der Waals surface area contributed by atoms with Crippen molar-refractivity contribution >= 4 is 23.7 Å². The minimum atomic E-state index is -0.395. The molecule has 7 nitrogen and oxygen atoms in total. The van der Waals surface area contributed by atoms with E-state index in [0.717, 1.165) is 11.3 Å². The molecule has 0 aliphatic carbocycles. The van der Waals surface area contributed by atoms with Crippen LogP contribution < -0.4 is 15.5 Å². The minimum absolute atomic E-state index is 0.189. The van der Waals surface area contributed by atoms with Crippen molar-refractivity contribution in [2.45, 2.75) is 0 Å². The molecule has 2 aromatic carbocycles. The summed E-state index contributed by atoms with van der Waals surface area (Å²) in [5.41, 5.74) is 4.10. The van der Waals surface area contributed by atoms with Crippen molar-refractivity contribution < 1.29 is 18.7 Å². The van der Waals surface area contributed by atoms with Gasteiger partial charge in [-0.25, -0.2) is 5.43 Å². The van der Waals surface area contributed by atoms with Crippen molar-refractivity contribution in [3.8, 4) is 5.75 Å². The second-order valence-corrected chi connectivity index (χ2v) is 5.48. The maximum Gasteiger partial charge on any atom is 0.291 e. The van der Waals surface area contributed by atoms with E-state index in [1.165, 1.54) is 12.5 Å². The number of amides is 2. The lowest BCUT2D eigenvalue weighted by atomic mass is 10.2. The first kappa shape index (κ1) is 17.9. The maximum atomic E-state index is 12.2. The Balaban J connectivity index is 1.61. The molecule has 3 rings (SSSR count). The van der Waals surface area contributed by atoms with Crippen molar-refractivity contribution in [3.63, 3.8) is 0 Å². The molecule has 0 aliphatic rings. The molecule has 0 bridgehead atoms. The van der Waals surface area contributed by atoms with Crippen LogP contribution in [0.25, 0.3) is 0 Å². The molecule has 0 saturated carbocycles. The summed E-state index contributed by atoms with van der Waals surface area (Å²) in [5.74, 6) is 0.141. The smallest absolute Gasteiger partial charge is 0.291 e. The minimum Gasteiger partial charge on any atom is -0.497 e. The Bertz CT molecular complexity index is 948. The van der Waals surface area contributed by atoms with E-state index < -0.39 is 11.8 Å². The number of nitrogens with zero attached hydrogens (tertiary/aromatic N) is 1. The number of carbonyl (C=O) groups is 2. The van der Waals surface area contributed by atoms with E-state index in [4.69, 9.17) is 9.15 Å². The first-order valence-electron chi connectivity index (χ1n) is 8.08. The molecule has 2 amide bonds. The molecular weight excluding hydrogens is 346 g/mol. The lowest BCUT2D eigenvalue weighted by Gasteiger charge is -2.05. The molecule has 136 valence electrons. The van der Waals surface area contributed by atoms with E-state index in [0.29, 0.717) is 11.3 Å². The molecule has 0 fully saturated rings. The zero-order valence-corrected chi connectivity index (χ0v) is 14.5. The Morgan fingerprint density at radius 2 is 1.85 bits per heavy atom. The first-order valence-corrected chi connectivity index (χ1v) is 8.08. The van der Waals surface area contributed by atoms with E-state index in [1.807, 2.05) is 12.1 Å². The van der Waals surface area contributed by atoms with Crippen molar-refractivity contribution in [3.05, 3.63) is 83.8 Å². The number of hydrogen-bond donors (Lipinski definition) is 2. The van der Waals surface area contributed by atoms with Crippen LogP contribution in [0, 0.1) is 0 Å².